The Balaban J connectivity index is 2.37. The fourth-order valence-corrected chi connectivity index (χ4v) is 1.28. The van der Waals surface area contributed by atoms with Crippen LogP contribution < -0.4 is 5.32 Å². The van der Waals surface area contributed by atoms with E-state index < -0.39 is 12.0 Å². The van der Waals surface area contributed by atoms with Crippen molar-refractivity contribution in [2.75, 3.05) is 6.54 Å². The van der Waals surface area contributed by atoms with E-state index in [1.54, 1.807) is 10.9 Å². The van der Waals surface area contributed by atoms with Crippen molar-refractivity contribution in [3.8, 4) is 0 Å². The van der Waals surface area contributed by atoms with Gasteiger partial charge in [0.2, 0.25) is 0 Å². The minimum Gasteiger partial charge on any atom is -0.480 e. The lowest BCUT2D eigenvalue weighted by molar-refractivity contribution is -0.140. The molecule has 1 aliphatic rings. The normalized spacial score (nSPS) is 21.8. The lowest BCUT2D eigenvalue weighted by atomic mass is 10.2. The predicted molar refractivity (Wildman–Crippen MR) is 38.4 cm³/mol. The van der Waals surface area contributed by atoms with E-state index in [4.69, 9.17) is 5.11 Å². The number of nitrogens with zero attached hydrogens (tertiary/aromatic N) is 3. The van der Waals surface area contributed by atoms with Crippen molar-refractivity contribution < 1.29 is 9.90 Å². The molecule has 2 N–H and O–H groups in total. The molecule has 1 atom stereocenters. The standard InChI is InChI=1S/C6H8N4O2/c11-6(12)4-5-9-8-3-10(5)2-1-7-4/h3-4,7H,1-2H2,(H,11,12). The summed E-state index contributed by atoms with van der Waals surface area (Å²) in [5.74, 6) is -0.433. The Kier molecular flexibility index (Phi) is 1.54. The third-order valence-corrected chi connectivity index (χ3v) is 1.85. The zero-order chi connectivity index (χ0) is 8.55. The lowest BCUT2D eigenvalue weighted by Crippen LogP contribution is -2.37. The van der Waals surface area contributed by atoms with Crippen molar-refractivity contribution in [1.29, 1.82) is 0 Å². The minimum absolute atomic E-state index is 0.480. The Labute approximate surface area is 68.2 Å². The van der Waals surface area contributed by atoms with Crippen LogP contribution >= 0.6 is 0 Å². The zero-order valence-electron chi connectivity index (χ0n) is 6.27. The molecule has 0 radical (unpaired) electrons. The van der Waals surface area contributed by atoms with E-state index in [2.05, 4.69) is 15.5 Å². The molecule has 2 rings (SSSR count). The van der Waals surface area contributed by atoms with E-state index in [1.165, 1.54) is 0 Å². The van der Waals surface area contributed by atoms with Crippen LogP contribution in [0.3, 0.4) is 0 Å². The number of carboxylic acid groups (broad SMARTS) is 1. The maximum Gasteiger partial charge on any atom is 0.328 e. The Morgan fingerprint density at radius 2 is 2.67 bits per heavy atom. The van der Waals surface area contributed by atoms with Crippen molar-refractivity contribution in [3.63, 3.8) is 0 Å². The highest BCUT2D eigenvalue weighted by Crippen LogP contribution is 2.13. The van der Waals surface area contributed by atoms with Crippen LogP contribution in [0, 0.1) is 0 Å². The molecular formula is C6H8N4O2. The van der Waals surface area contributed by atoms with E-state index >= 15 is 0 Å². The Morgan fingerprint density at radius 1 is 1.83 bits per heavy atom. The predicted octanol–water partition coefficient (Wildman–Crippen LogP) is -0.993. The van der Waals surface area contributed by atoms with Gasteiger partial charge in [0, 0.05) is 13.1 Å². The van der Waals surface area contributed by atoms with Crippen molar-refractivity contribution >= 4 is 5.97 Å². The lowest BCUT2D eigenvalue weighted by Gasteiger charge is -2.20. The van der Waals surface area contributed by atoms with E-state index in [1.807, 2.05) is 0 Å². The van der Waals surface area contributed by atoms with Crippen LogP contribution in [0.15, 0.2) is 6.33 Å². The molecule has 6 nitrogen and oxygen atoms in total. The first-order chi connectivity index (χ1) is 5.79. The van der Waals surface area contributed by atoms with Crippen molar-refractivity contribution in [3.05, 3.63) is 12.2 Å². The Morgan fingerprint density at radius 3 is 3.42 bits per heavy atom. The number of aliphatic carboxylic acids is 1. The maximum absolute atomic E-state index is 10.7. The summed E-state index contributed by atoms with van der Waals surface area (Å²) < 4.78 is 1.75. The zero-order valence-corrected chi connectivity index (χ0v) is 6.27. The van der Waals surface area contributed by atoms with Crippen LogP contribution in [0.1, 0.15) is 11.9 Å². The molecule has 0 aliphatic carbocycles. The number of carbonyl (C=O) groups is 1. The summed E-state index contributed by atoms with van der Waals surface area (Å²) in [5.41, 5.74) is 0. The van der Waals surface area contributed by atoms with Gasteiger partial charge in [-0.15, -0.1) is 10.2 Å². The van der Waals surface area contributed by atoms with E-state index in [-0.39, 0.29) is 0 Å². The summed E-state index contributed by atoms with van der Waals surface area (Å²) in [4.78, 5) is 10.7. The second-order valence-corrected chi connectivity index (χ2v) is 2.61. The van der Waals surface area contributed by atoms with Crippen molar-refractivity contribution in [2.45, 2.75) is 12.6 Å². The first-order valence-electron chi connectivity index (χ1n) is 3.63. The van der Waals surface area contributed by atoms with Crippen molar-refractivity contribution in [2.24, 2.45) is 0 Å². The van der Waals surface area contributed by atoms with Crippen LogP contribution in [-0.2, 0) is 11.3 Å². The first-order valence-corrected chi connectivity index (χ1v) is 3.63. The monoisotopic (exact) mass is 168 g/mol. The van der Waals surface area contributed by atoms with Gasteiger partial charge in [-0.2, -0.15) is 0 Å². The molecule has 64 valence electrons. The van der Waals surface area contributed by atoms with Gasteiger partial charge in [0.05, 0.1) is 0 Å². The number of hydrogen-bond donors (Lipinski definition) is 2. The smallest absolute Gasteiger partial charge is 0.328 e. The number of rotatable bonds is 1. The van der Waals surface area contributed by atoms with Crippen LogP contribution in [0.4, 0.5) is 0 Å². The van der Waals surface area contributed by atoms with Crippen LogP contribution in [0.5, 0.6) is 0 Å². The molecule has 1 unspecified atom stereocenters. The third kappa shape index (κ3) is 0.964. The third-order valence-electron chi connectivity index (χ3n) is 1.85. The van der Waals surface area contributed by atoms with Crippen molar-refractivity contribution in [1.82, 2.24) is 20.1 Å². The van der Waals surface area contributed by atoms with Crippen LogP contribution in [0.2, 0.25) is 0 Å². The molecule has 1 aromatic heterocycles. The van der Waals surface area contributed by atoms with Gasteiger partial charge in [-0.05, 0) is 0 Å². The molecular weight excluding hydrogens is 160 g/mol. The quantitative estimate of drug-likeness (QED) is 0.562. The molecule has 0 spiro atoms. The van der Waals surface area contributed by atoms with Gasteiger partial charge in [-0.1, -0.05) is 0 Å². The van der Waals surface area contributed by atoms with Gasteiger partial charge in [0.15, 0.2) is 11.9 Å². The fraction of sp³-hybridized carbons (Fsp3) is 0.500. The average molecular weight is 168 g/mol. The SMILES string of the molecule is O=C(O)C1NCCn2cnnc21. The molecule has 0 aromatic carbocycles. The molecule has 12 heavy (non-hydrogen) atoms. The maximum atomic E-state index is 10.7. The number of nitrogens with one attached hydrogen (secondary N) is 1. The van der Waals surface area contributed by atoms with E-state index in [0.29, 0.717) is 12.4 Å². The molecule has 1 aromatic rings. The molecule has 0 fully saturated rings. The first kappa shape index (κ1) is 7.23. The highest BCUT2D eigenvalue weighted by Gasteiger charge is 2.27. The van der Waals surface area contributed by atoms with Gasteiger partial charge in [-0.25, -0.2) is 0 Å². The molecule has 0 saturated heterocycles. The summed E-state index contributed by atoms with van der Waals surface area (Å²) in [6.45, 7) is 1.37. The van der Waals surface area contributed by atoms with E-state index in [0.717, 1.165) is 6.54 Å². The minimum atomic E-state index is -0.913. The van der Waals surface area contributed by atoms with E-state index in [9.17, 15) is 4.79 Å². The number of carboxylic acids is 1. The molecule has 6 heteroatoms. The van der Waals surface area contributed by atoms with Gasteiger partial charge >= 0.3 is 5.97 Å². The highest BCUT2D eigenvalue weighted by molar-refractivity contribution is 5.74. The largest absolute Gasteiger partial charge is 0.480 e. The van der Waals surface area contributed by atoms with Gasteiger partial charge < -0.3 is 9.67 Å². The topological polar surface area (TPSA) is 80.0 Å². The molecule has 0 amide bonds. The summed E-state index contributed by atoms with van der Waals surface area (Å²) >= 11 is 0. The second-order valence-electron chi connectivity index (χ2n) is 2.61. The Hall–Kier alpha value is -1.43. The van der Waals surface area contributed by atoms with Gasteiger partial charge in [-0.3, -0.25) is 10.1 Å². The highest BCUT2D eigenvalue weighted by atomic mass is 16.4. The van der Waals surface area contributed by atoms with Crippen LogP contribution in [0.25, 0.3) is 0 Å². The summed E-state index contributed by atoms with van der Waals surface area (Å²) in [6.07, 6.45) is 1.55. The molecule has 0 bridgehead atoms. The van der Waals surface area contributed by atoms with Gasteiger partial charge in [0.25, 0.3) is 0 Å². The number of fused-ring (bicyclic) bond motifs is 1. The Bertz CT molecular complexity index is 308. The number of aromatic nitrogens is 3. The molecule has 2 heterocycles. The molecule has 1 aliphatic heterocycles. The molecule has 0 saturated carbocycles. The second kappa shape index (κ2) is 2.56. The summed E-state index contributed by atoms with van der Waals surface area (Å²) in [7, 11) is 0. The fourth-order valence-electron chi connectivity index (χ4n) is 1.28. The summed E-state index contributed by atoms with van der Waals surface area (Å²) in [6, 6.07) is -0.707. The van der Waals surface area contributed by atoms with Crippen LogP contribution in [-0.4, -0.2) is 32.4 Å². The van der Waals surface area contributed by atoms with Gasteiger partial charge in [0.1, 0.15) is 6.33 Å². The summed E-state index contributed by atoms with van der Waals surface area (Å²) in [5, 5.41) is 19.0. The number of hydrogen-bond acceptors (Lipinski definition) is 4. The average Bonchev–Trinajstić information content (AvgIpc) is 2.49.